The molecule has 5 heteroatoms. The molecule has 0 amide bonds. The monoisotopic (exact) mass is 220 g/mol. The Hall–Kier alpha value is -1.75. The predicted molar refractivity (Wildman–Crippen MR) is 65.8 cm³/mol. The molecule has 1 rings (SSSR count). The number of rotatable bonds is 4. The minimum Gasteiger partial charge on any atom is -0.358 e. The molecule has 0 aliphatic carbocycles. The van der Waals surface area contributed by atoms with Crippen molar-refractivity contribution in [3.8, 4) is 0 Å². The third-order valence-electron chi connectivity index (χ3n) is 1.47. The first kappa shape index (κ1) is 11.3. The standard InChI is InChI=1S/C10H12N4S/c1-2-5-12-10(15)14-13-8-9-4-3-6-11-7-9/h2-4,6-8H,1,5H2,(H2,12,14,15). The van der Waals surface area contributed by atoms with Gasteiger partial charge in [0.05, 0.1) is 6.21 Å². The average molecular weight is 220 g/mol. The Morgan fingerprint density at radius 2 is 2.53 bits per heavy atom. The lowest BCUT2D eigenvalue weighted by molar-refractivity contribution is 0.941. The van der Waals surface area contributed by atoms with Crippen LogP contribution in [-0.4, -0.2) is 22.9 Å². The Kier molecular flexibility index (Phi) is 5.03. The topological polar surface area (TPSA) is 49.3 Å². The number of aromatic nitrogens is 1. The maximum Gasteiger partial charge on any atom is 0.187 e. The molecule has 0 saturated heterocycles. The van der Waals surface area contributed by atoms with Gasteiger partial charge in [-0.1, -0.05) is 12.1 Å². The van der Waals surface area contributed by atoms with Crippen LogP contribution in [0.4, 0.5) is 0 Å². The lowest BCUT2D eigenvalue weighted by Crippen LogP contribution is -2.31. The Morgan fingerprint density at radius 3 is 3.20 bits per heavy atom. The molecule has 1 aromatic rings. The summed E-state index contributed by atoms with van der Waals surface area (Å²) < 4.78 is 0. The molecule has 15 heavy (non-hydrogen) atoms. The molecule has 1 aromatic heterocycles. The first-order valence-corrected chi connectivity index (χ1v) is 4.81. The van der Waals surface area contributed by atoms with Crippen LogP contribution < -0.4 is 10.7 Å². The summed E-state index contributed by atoms with van der Waals surface area (Å²) in [5.41, 5.74) is 3.59. The van der Waals surface area contributed by atoms with Gasteiger partial charge in [0.2, 0.25) is 0 Å². The van der Waals surface area contributed by atoms with Gasteiger partial charge >= 0.3 is 0 Å². The number of nitrogens with zero attached hydrogens (tertiary/aromatic N) is 2. The van der Waals surface area contributed by atoms with Gasteiger partial charge in [0, 0.05) is 24.5 Å². The van der Waals surface area contributed by atoms with Crippen molar-refractivity contribution in [1.82, 2.24) is 15.7 Å². The molecule has 0 aromatic carbocycles. The molecule has 0 unspecified atom stereocenters. The van der Waals surface area contributed by atoms with Crippen LogP contribution in [0.1, 0.15) is 5.56 Å². The zero-order chi connectivity index (χ0) is 10.9. The third kappa shape index (κ3) is 4.87. The van der Waals surface area contributed by atoms with Gasteiger partial charge in [0.15, 0.2) is 5.11 Å². The third-order valence-corrected chi connectivity index (χ3v) is 1.71. The van der Waals surface area contributed by atoms with Crippen molar-refractivity contribution < 1.29 is 0 Å². The Bertz CT molecular complexity index is 348. The molecule has 0 fully saturated rings. The number of pyridine rings is 1. The highest BCUT2D eigenvalue weighted by molar-refractivity contribution is 7.80. The average Bonchev–Trinajstić information content (AvgIpc) is 2.28. The highest BCUT2D eigenvalue weighted by Gasteiger charge is 1.88. The van der Waals surface area contributed by atoms with E-state index in [0.29, 0.717) is 11.7 Å². The summed E-state index contributed by atoms with van der Waals surface area (Å²) in [7, 11) is 0. The molecule has 0 spiro atoms. The van der Waals surface area contributed by atoms with E-state index in [1.54, 1.807) is 24.7 Å². The van der Waals surface area contributed by atoms with Crippen molar-refractivity contribution in [1.29, 1.82) is 0 Å². The molecule has 1 heterocycles. The van der Waals surface area contributed by atoms with Crippen molar-refractivity contribution in [2.24, 2.45) is 5.10 Å². The highest BCUT2D eigenvalue weighted by Crippen LogP contribution is 1.89. The van der Waals surface area contributed by atoms with Gasteiger partial charge in [-0.3, -0.25) is 10.4 Å². The maximum atomic E-state index is 4.94. The normalized spacial score (nSPS) is 9.87. The SMILES string of the molecule is C=CCNC(=S)NN=Cc1cccnc1. The molecule has 4 nitrogen and oxygen atoms in total. The van der Waals surface area contributed by atoms with Gasteiger partial charge in [-0.05, 0) is 18.3 Å². The van der Waals surface area contributed by atoms with Crippen LogP contribution in [0.2, 0.25) is 0 Å². The number of hydrogen-bond acceptors (Lipinski definition) is 3. The Balaban J connectivity index is 2.33. The van der Waals surface area contributed by atoms with Crippen LogP contribution in [0.15, 0.2) is 42.3 Å². The maximum absolute atomic E-state index is 4.94. The van der Waals surface area contributed by atoms with E-state index < -0.39 is 0 Å². The number of hydrazone groups is 1. The summed E-state index contributed by atoms with van der Waals surface area (Å²) in [6, 6.07) is 3.74. The van der Waals surface area contributed by atoms with Crippen molar-refractivity contribution in [2.75, 3.05) is 6.54 Å². The van der Waals surface area contributed by atoms with Gasteiger partial charge in [0.25, 0.3) is 0 Å². The van der Waals surface area contributed by atoms with Gasteiger partial charge in [0.1, 0.15) is 0 Å². The molecule has 0 aliphatic rings. The second-order valence-corrected chi connectivity index (χ2v) is 3.06. The lowest BCUT2D eigenvalue weighted by atomic mass is 10.3. The fraction of sp³-hybridized carbons (Fsp3) is 0.100. The number of nitrogens with one attached hydrogen (secondary N) is 2. The molecule has 0 bridgehead atoms. The Labute approximate surface area is 94.1 Å². The van der Waals surface area contributed by atoms with Crippen LogP contribution in [0.25, 0.3) is 0 Å². The summed E-state index contributed by atoms with van der Waals surface area (Å²) in [6.07, 6.45) is 6.79. The molecule has 0 saturated carbocycles. The van der Waals surface area contributed by atoms with E-state index in [2.05, 4.69) is 27.4 Å². The van der Waals surface area contributed by atoms with Crippen LogP contribution >= 0.6 is 12.2 Å². The second kappa shape index (κ2) is 6.67. The summed E-state index contributed by atoms with van der Waals surface area (Å²) in [6.45, 7) is 4.18. The van der Waals surface area contributed by atoms with E-state index in [9.17, 15) is 0 Å². The zero-order valence-corrected chi connectivity index (χ0v) is 9.00. The molecule has 2 N–H and O–H groups in total. The summed E-state index contributed by atoms with van der Waals surface area (Å²) in [5.74, 6) is 0. The van der Waals surface area contributed by atoms with E-state index in [-0.39, 0.29) is 0 Å². The lowest BCUT2D eigenvalue weighted by Gasteiger charge is -2.02. The van der Waals surface area contributed by atoms with Crippen molar-refractivity contribution in [2.45, 2.75) is 0 Å². The van der Waals surface area contributed by atoms with E-state index >= 15 is 0 Å². The summed E-state index contributed by atoms with van der Waals surface area (Å²) in [5, 5.41) is 7.30. The quantitative estimate of drug-likeness (QED) is 0.345. The fourth-order valence-electron chi connectivity index (χ4n) is 0.822. The van der Waals surface area contributed by atoms with Crippen LogP contribution in [0, 0.1) is 0 Å². The largest absolute Gasteiger partial charge is 0.358 e. The smallest absolute Gasteiger partial charge is 0.187 e. The second-order valence-electron chi connectivity index (χ2n) is 2.66. The summed E-state index contributed by atoms with van der Waals surface area (Å²) >= 11 is 4.94. The number of hydrogen-bond donors (Lipinski definition) is 2. The van der Waals surface area contributed by atoms with Crippen LogP contribution in [0.3, 0.4) is 0 Å². The minimum absolute atomic E-state index is 0.468. The minimum atomic E-state index is 0.468. The molecule has 0 radical (unpaired) electrons. The number of thiocarbonyl (C=S) groups is 1. The van der Waals surface area contributed by atoms with Gasteiger partial charge in [-0.25, -0.2) is 0 Å². The summed E-state index contributed by atoms with van der Waals surface area (Å²) in [4.78, 5) is 3.95. The molecule has 0 atom stereocenters. The predicted octanol–water partition coefficient (Wildman–Crippen LogP) is 1.07. The molecule has 0 aliphatic heterocycles. The first-order chi connectivity index (χ1) is 7.33. The van der Waals surface area contributed by atoms with Crippen LogP contribution in [-0.2, 0) is 0 Å². The van der Waals surface area contributed by atoms with Crippen molar-refractivity contribution in [3.05, 3.63) is 42.7 Å². The van der Waals surface area contributed by atoms with Crippen LogP contribution in [0.5, 0.6) is 0 Å². The van der Waals surface area contributed by atoms with E-state index in [1.165, 1.54) is 0 Å². The zero-order valence-electron chi connectivity index (χ0n) is 8.18. The first-order valence-electron chi connectivity index (χ1n) is 4.41. The van der Waals surface area contributed by atoms with Gasteiger partial charge < -0.3 is 5.32 Å². The molecular weight excluding hydrogens is 208 g/mol. The fourth-order valence-corrected chi connectivity index (χ4v) is 0.958. The van der Waals surface area contributed by atoms with E-state index in [4.69, 9.17) is 12.2 Å². The highest BCUT2D eigenvalue weighted by atomic mass is 32.1. The van der Waals surface area contributed by atoms with Gasteiger partial charge in [-0.15, -0.1) is 6.58 Å². The molecular formula is C10H12N4S. The van der Waals surface area contributed by atoms with E-state index in [1.807, 2.05) is 12.1 Å². The van der Waals surface area contributed by atoms with Crippen molar-refractivity contribution in [3.63, 3.8) is 0 Å². The van der Waals surface area contributed by atoms with Crippen molar-refractivity contribution >= 4 is 23.5 Å². The Morgan fingerprint density at radius 1 is 1.67 bits per heavy atom. The van der Waals surface area contributed by atoms with Gasteiger partial charge in [-0.2, -0.15) is 5.10 Å². The molecule has 78 valence electrons. The van der Waals surface area contributed by atoms with E-state index in [0.717, 1.165) is 5.56 Å².